The molecule has 0 heterocycles. The molecule has 1 aromatic rings. The molecular weight excluding hydrogens is 288 g/mol. The van der Waals surface area contributed by atoms with Crippen LogP contribution in [0.5, 0.6) is 0 Å². The summed E-state index contributed by atoms with van der Waals surface area (Å²) in [7, 11) is 1.85. The van der Waals surface area contributed by atoms with Crippen molar-refractivity contribution in [3.05, 3.63) is 23.8 Å². The van der Waals surface area contributed by atoms with Crippen molar-refractivity contribution < 1.29 is 19.4 Å². The zero-order valence-corrected chi connectivity index (χ0v) is 16.5. The molecule has 1 rings (SSSR count). The van der Waals surface area contributed by atoms with Crippen LogP contribution in [0.3, 0.4) is 0 Å². The van der Waals surface area contributed by atoms with Gasteiger partial charge in [0.15, 0.2) is 0 Å². The monoisotopic (exact) mass is 310 g/mol. The number of esters is 1. The predicted molar refractivity (Wildman–Crippen MR) is 86.2 cm³/mol. The van der Waals surface area contributed by atoms with Crippen LogP contribution in [0.15, 0.2) is 18.2 Å². The zero-order valence-electron chi connectivity index (χ0n) is 12.5. The highest BCUT2D eigenvalue weighted by Gasteiger charge is 2.34. The Morgan fingerprint density at radius 1 is 1.25 bits per heavy atom. The van der Waals surface area contributed by atoms with Crippen LogP contribution in [0.2, 0.25) is 0 Å². The molecule has 0 radical (unpaired) electrons. The lowest BCUT2D eigenvalue weighted by molar-refractivity contribution is -0.165. The molecule has 0 aliphatic rings. The number of hydrogen-bond donors (Lipinski definition) is 1. The summed E-state index contributed by atoms with van der Waals surface area (Å²) in [5.41, 5.74) is 0.365. The highest BCUT2D eigenvalue weighted by molar-refractivity contribution is 6.49. The molecule has 0 saturated carbocycles. The van der Waals surface area contributed by atoms with Crippen LogP contribution in [-0.2, 0) is 19.9 Å². The van der Waals surface area contributed by atoms with Crippen molar-refractivity contribution in [2.75, 3.05) is 0 Å². The van der Waals surface area contributed by atoms with Gasteiger partial charge in [-0.2, -0.15) is 0 Å². The molecule has 0 atom stereocenters. The predicted octanol–water partition coefficient (Wildman–Crippen LogP) is -1.30. The molecule has 6 heteroatoms. The van der Waals surface area contributed by atoms with Crippen LogP contribution < -0.4 is 10.4 Å². The molecule has 0 aliphatic heterocycles. The third-order valence-electron chi connectivity index (χ3n) is 3.84. The van der Waals surface area contributed by atoms with Crippen LogP contribution in [0, 0.1) is 0 Å². The number of carboxylic acids is 1. The quantitative estimate of drug-likeness (QED) is 0.403. The summed E-state index contributed by atoms with van der Waals surface area (Å²) in [5.74, 6) is -1.82. The number of aliphatic carboxylic acids is 1. The molecule has 20 heavy (non-hydrogen) atoms. The smallest absolute Gasteiger partial charge is 0.318 e. The second-order valence-corrected chi connectivity index (χ2v) is 7.07. The first-order valence-corrected chi connectivity index (χ1v) is 8.86. The molecule has 110 valence electrons. The Bertz CT molecular complexity index is 510. The van der Waals surface area contributed by atoms with Gasteiger partial charge >= 0.3 is 11.9 Å². The van der Waals surface area contributed by atoms with Gasteiger partial charge in [0.2, 0.25) is 0 Å². The van der Waals surface area contributed by atoms with E-state index in [4.69, 9.17) is 9.84 Å². The van der Waals surface area contributed by atoms with Crippen molar-refractivity contribution in [1.82, 2.24) is 0 Å². The van der Waals surface area contributed by atoms with Gasteiger partial charge in [-0.05, 0) is 18.4 Å². The fraction of sp³-hybridized carbons (Fsp3) is 0.429. The number of carbonyl (C=O) groups is 2. The van der Waals surface area contributed by atoms with E-state index >= 15 is 0 Å². The molecule has 0 bridgehead atoms. The maximum absolute atomic E-state index is 11.8. The van der Waals surface area contributed by atoms with E-state index in [2.05, 4.69) is 6.07 Å². The SMILES string of the molecule is CCC(CC)(OC(=O)CC(=O)O)c1cccc([SiH3])c1[SiH3]. The van der Waals surface area contributed by atoms with Gasteiger partial charge in [0, 0.05) is 20.5 Å². The van der Waals surface area contributed by atoms with Crippen molar-refractivity contribution in [1.29, 1.82) is 0 Å². The Morgan fingerprint density at radius 3 is 2.35 bits per heavy atom. The van der Waals surface area contributed by atoms with Crippen LogP contribution in [0.4, 0.5) is 0 Å². The van der Waals surface area contributed by atoms with Crippen molar-refractivity contribution in [3.63, 3.8) is 0 Å². The number of hydrogen-bond acceptors (Lipinski definition) is 3. The summed E-state index contributed by atoms with van der Waals surface area (Å²) in [4.78, 5) is 22.4. The van der Waals surface area contributed by atoms with Crippen LogP contribution in [0.25, 0.3) is 0 Å². The Hall–Kier alpha value is -1.41. The summed E-state index contributed by atoms with van der Waals surface area (Å²) in [6.45, 7) is 3.94. The average Bonchev–Trinajstić information content (AvgIpc) is 2.39. The first kappa shape index (κ1) is 16.6. The molecule has 0 spiro atoms. The Morgan fingerprint density at radius 2 is 1.85 bits per heavy atom. The van der Waals surface area contributed by atoms with Gasteiger partial charge in [-0.15, -0.1) is 0 Å². The van der Waals surface area contributed by atoms with E-state index in [-0.39, 0.29) is 0 Å². The second-order valence-electron chi connectivity index (χ2n) is 4.99. The molecule has 1 N–H and O–H groups in total. The van der Waals surface area contributed by atoms with Crippen LogP contribution in [0.1, 0.15) is 38.7 Å². The molecule has 0 amide bonds. The fourth-order valence-corrected chi connectivity index (χ4v) is 3.70. The molecule has 0 saturated heterocycles. The first-order chi connectivity index (χ1) is 9.36. The molecule has 0 fully saturated rings. The van der Waals surface area contributed by atoms with Gasteiger partial charge in [0.05, 0.1) is 0 Å². The van der Waals surface area contributed by atoms with E-state index in [0.29, 0.717) is 12.8 Å². The summed E-state index contributed by atoms with van der Waals surface area (Å²) in [5, 5.41) is 11.3. The maximum atomic E-state index is 11.8. The number of rotatable bonds is 6. The van der Waals surface area contributed by atoms with Gasteiger partial charge in [-0.1, -0.05) is 42.4 Å². The Labute approximate surface area is 125 Å². The average molecular weight is 310 g/mol. The van der Waals surface area contributed by atoms with E-state index in [1.165, 1.54) is 10.4 Å². The lowest BCUT2D eigenvalue weighted by atomic mass is 9.88. The topological polar surface area (TPSA) is 63.6 Å². The van der Waals surface area contributed by atoms with Gasteiger partial charge in [0.25, 0.3) is 0 Å². The van der Waals surface area contributed by atoms with Crippen LogP contribution in [-0.4, -0.2) is 37.5 Å². The maximum Gasteiger partial charge on any atom is 0.318 e. The largest absolute Gasteiger partial charge is 0.481 e. The Kier molecular flexibility index (Phi) is 5.70. The molecule has 0 unspecified atom stereocenters. The Balaban J connectivity index is 3.17. The summed E-state index contributed by atoms with van der Waals surface area (Å²) in [6.07, 6.45) is 0.711. The number of carboxylic acid groups (broad SMARTS) is 1. The van der Waals surface area contributed by atoms with Crippen molar-refractivity contribution in [2.45, 2.75) is 38.7 Å². The lowest BCUT2D eigenvalue weighted by Gasteiger charge is -2.34. The standard InChI is InChI=1S/C14H22O4Si2/c1-3-14(4-2,18-12(17)8-11(15)16)9-6-5-7-10(19)13(9)20/h5-7H,3-4,8H2,1-2,19-20H3,(H,15,16). The minimum atomic E-state index is -1.15. The second kappa shape index (κ2) is 6.85. The minimum absolute atomic E-state index is 0.585. The zero-order chi connectivity index (χ0) is 15.3. The normalized spacial score (nSPS) is 11.5. The number of carbonyl (C=O) groups excluding carboxylic acids is 1. The highest BCUT2D eigenvalue weighted by Crippen LogP contribution is 2.32. The van der Waals surface area contributed by atoms with Crippen LogP contribution >= 0.6 is 0 Å². The van der Waals surface area contributed by atoms with Gasteiger partial charge in [-0.3, -0.25) is 9.59 Å². The summed E-state index contributed by atoms with van der Waals surface area (Å²) < 4.78 is 5.59. The minimum Gasteiger partial charge on any atom is -0.481 e. The number of ether oxygens (including phenoxy) is 1. The molecule has 4 nitrogen and oxygen atoms in total. The first-order valence-electron chi connectivity index (χ1n) is 6.86. The molecular formula is C14H22O4Si2. The van der Waals surface area contributed by atoms with Crippen molar-refractivity contribution in [2.24, 2.45) is 0 Å². The lowest BCUT2D eigenvalue weighted by Crippen LogP contribution is -2.41. The van der Waals surface area contributed by atoms with E-state index < -0.39 is 24.0 Å². The van der Waals surface area contributed by atoms with Crippen molar-refractivity contribution in [3.8, 4) is 0 Å². The molecule has 0 aromatic heterocycles. The summed E-state index contributed by atoms with van der Waals surface area (Å²) in [6, 6.07) is 6.10. The number of benzene rings is 1. The van der Waals surface area contributed by atoms with E-state index in [1.54, 1.807) is 0 Å². The van der Waals surface area contributed by atoms with Gasteiger partial charge in [0.1, 0.15) is 12.0 Å². The highest BCUT2D eigenvalue weighted by atomic mass is 28.2. The third kappa shape index (κ3) is 3.58. The van der Waals surface area contributed by atoms with E-state index in [1.807, 2.05) is 26.0 Å². The molecule has 0 aliphatic carbocycles. The van der Waals surface area contributed by atoms with E-state index in [0.717, 1.165) is 26.0 Å². The fourth-order valence-electron chi connectivity index (χ4n) is 2.45. The third-order valence-corrected chi connectivity index (χ3v) is 7.25. The van der Waals surface area contributed by atoms with Gasteiger partial charge in [-0.25, -0.2) is 0 Å². The van der Waals surface area contributed by atoms with Gasteiger partial charge < -0.3 is 9.84 Å². The van der Waals surface area contributed by atoms with Crippen molar-refractivity contribution >= 4 is 42.8 Å². The summed E-state index contributed by atoms with van der Waals surface area (Å²) >= 11 is 0. The molecule has 1 aromatic carbocycles. The van der Waals surface area contributed by atoms with E-state index in [9.17, 15) is 9.59 Å².